The first-order valence-corrected chi connectivity index (χ1v) is 7.52. The molecule has 0 aromatic carbocycles. The molecule has 1 heterocycles. The number of hydrogen-bond donors (Lipinski definition) is 2. The van der Waals surface area contributed by atoms with Gasteiger partial charge in [0.15, 0.2) is 0 Å². The van der Waals surface area contributed by atoms with E-state index in [-0.39, 0.29) is 0 Å². The molecule has 6 heteroatoms. The molecule has 1 aliphatic carbocycles. The fraction of sp³-hybridized carbons (Fsp3) is 0.786. The summed E-state index contributed by atoms with van der Waals surface area (Å²) in [5, 5.41) is 6.63. The number of hydrogen-bond acceptors (Lipinski definition) is 6. The SMILES string of the molecule is CCNc1nc(NC2CCC(C)CC2)nc(N(C)C)n1. The molecule has 2 N–H and O–H groups in total. The maximum absolute atomic E-state index is 4.48. The van der Waals surface area contributed by atoms with Crippen molar-refractivity contribution in [3.05, 3.63) is 0 Å². The van der Waals surface area contributed by atoms with Gasteiger partial charge in [-0.15, -0.1) is 0 Å². The Morgan fingerprint density at radius 1 is 1.05 bits per heavy atom. The molecule has 1 fully saturated rings. The van der Waals surface area contributed by atoms with E-state index < -0.39 is 0 Å². The van der Waals surface area contributed by atoms with Crippen LogP contribution in [0.4, 0.5) is 17.8 Å². The van der Waals surface area contributed by atoms with E-state index in [2.05, 4.69) is 32.5 Å². The Kier molecular flexibility index (Phi) is 4.98. The summed E-state index contributed by atoms with van der Waals surface area (Å²) in [5.41, 5.74) is 0. The highest BCUT2D eigenvalue weighted by atomic mass is 15.3. The van der Waals surface area contributed by atoms with Crippen LogP contribution in [0.5, 0.6) is 0 Å². The van der Waals surface area contributed by atoms with E-state index in [4.69, 9.17) is 0 Å². The molecule has 0 aliphatic heterocycles. The van der Waals surface area contributed by atoms with Gasteiger partial charge >= 0.3 is 0 Å². The van der Waals surface area contributed by atoms with Crippen molar-refractivity contribution >= 4 is 17.8 Å². The summed E-state index contributed by atoms with van der Waals surface area (Å²) in [7, 11) is 3.88. The maximum Gasteiger partial charge on any atom is 0.231 e. The molecule has 1 aliphatic rings. The van der Waals surface area contributed by atoms with Crippen LogP contribution in [0.2, 0.25) is 0 Å². The molecular formula is C14H26N6. The van der Waals surface area contributed by atoms with Crippen molar-refractivity contribution in [1.82, 2.24) is 15.0 Å². The predicted octanol–water partition coefficient (Wildman–Crippen LogP) is 2.36. The molecule has 0 atom stereocenters. The van der Waals surface area contributed by atoms with E-state index in [0.717, 1.165) is 12.5 Å². The number of anilines is 3. The molecule has 0 spiro atoms. The van der Waals surface area contributed by atoms with Gasteiger partial charge in [-0.1, -0.05) is 6.92 Å². The number of rotatable bonds is 5. The zero-order valence-electron chi connectivity index (χ0n) is 13.0. The summed E-state index contributed by atoms with van der Waals surface area (Å²) in [6, 6.07) is 0.484. The van der Waals surface area contributed by atoms with Gasteiger partial charge in [0.25, 0.3) is 0 Å². The fourth-order valence-corrected chi connectivity index (χ4v) is 2.45. The molecule has 1 saturated carbocycles. The molecule has 1 aromatic rings. The quantitative estimate of drug-likeness (QED) is 0.862. The molecule has 2 rings (SSSR count). The van der Waals surface area contributed by atoms with Crippen molar-refractivity contribution in [1.29, 1.82) is 0 Å². The lowest BCUT2D eigenvalue weighted by Gasteiger charge is -2.27. The predicted molar refractivity (Wildman–Crippen MR) is 83.4 cm³/mol. The smallest absolute Gasteiger partial charge is 0.231 e. The number of aromatic nitrogens is 3. The molecule has 0 unspecified atom stereocenters. The summed E-state index contributed by atoms with van der Waals surface area (Å²) in [4.78, 5) is 15.2. The first-order chi connectivity index (χ1) is 9.58. The van der Waals surface area contributed by atoms with Crippen LogP contribution in [-0.2, 0) is 0 Å². The average Bonchev–Trinajstić information content (AvgIpc) is 2.41. The van der Waals surface area contributed by atoms with Crippen LogP contribution in [0.25, 0.3) is 0 Å². The molecule has 112 valence electrons. The van der Waals surface area contributed by atoms with Gasteiger partial charge in [-0.3, -0.25) is 0 Å². The average molecular weight is 278 g/mol. The summed E-state index contributed by atoms with van der Waals surface area (Å²) < 4.78 is 0. The van der Waals surface area contributed by atoms with Crippen LogP contribution in [-0.4, -0.2) is 41.6 Å². The van der Waals surface area contributed by atoms with Gasteiger partial charge in [-0.2, -0.15) is 15.0 Å². The van der Waals surface area contributed by atoms with Crippen molar-refractivity contribution in [3.63, 3.8) is 0 Å². The van der Waals surface area contributed by atoms with Gasteiger partial charge in [-0.25, -0.2) is 0 Å². The van der Waals surface area contributed by atoms with Gasteiger partial charge in [-0.05, 0) is 38.5 Å². The summed E-state index contributed by atoms with van der Waals surface area (Å²) in [6.45, 7) is 5.17. The molecule has 1 aromatic heterocycles. The Hall–Kier alpha value is -1.59. The highest BCUT2D eigenvalue weighted by molar-refractivity contribution is 5.43. The molecule has 0 bridgehead atoms. The van der Waals surface area contributed by atoms with E-state index in [0.29, 0.717) is 23.9 Å². The zero-order chi connectivity index (χ0) is 14.5. The molecule has 0 saturated heterocycles. The second kappa shape index (κ2) is 6.72. The first kappa shape index (κ1) is 14.8. The largest absolute Gasteiger partial charge is 0.354 e. The Morgan fingerprint density at radius 3 is 2.30 bits per heavy atom. The third-order valence-electron chi connectivity index (χ3n) is 3.71. The van der Waals surface area contributed by atoms with E-state index in [1.54, 1.807) is 0 Å². The summed E-state index contributed by atoms with van der Waals surface area (Å²) >= 11 is 0. The fourth-order valence-electron chi connectivity index (χ4n) is 2.45. The lowest BCUT2D eigenvalue weighted by molar-refractivity contribution is 0.360. The Bertz CT molecular complexity index is 426. The second-order valence-electron chi connectivity index (χ2n) is 5.81. The van der Waals surface area contributed by atoms with Crippen molar-refractivity contribution < 1.29 is 0 Å². The molecule has 0 radical (unpaired) electrons. The lowest BCUT2D eigenvalue weighted by atomic mass is 9.87. The van der Waals surface area contributed by atoms with Crippen molar-refractivity contribution in [2.24, 2.45) is 5.92 Å². The highest BCUT2D eigenvalue weighted by Crippen LogP contribution is 2.25. The Morgan fingerprint density at radius 2 is 1.70 bits per heavy atom. The standard InChI is InChI=1S/C14H26N6/c1-5-15-12-17-13(19-14(18-12)20(3)4)16-11-8-6-10(2)7-9-11/h10-11H,5-9H2,1-4H3,(H2,15,16,17,18,19). The van der Waals surface area contributed by atoms with Gasteiger partial charge in [0.1, 0.15) is 0 Å². The van der Waals surface area contributed by atoms with Crippen LogP contribution < -0.4 is 15.5 Å². The van der Waals surface area contributed by atoms with Crippen LogP contribution in [0.3, 0.4) is 0 Å². The van der Waals surface area contributed by atoms with E-state index in [1.807, 2.05) is 25.9 Å². The third-order valence-corrected chi connectivity index (χ3v) is 3.71. The van der Waals surface area contributed by atoms with Crippen LogP contribution >= 0.6 is 0 Å². The Labute approximate surface area is 121 Å². The van der Waals surface area contributed by atoms with Crippen LogP contribution in [0, 0.1) is 5.92 Å². The van der Waals surface area contributed by atoms with Gasteiger partial charge < -0.3 is 15.5 Å². The molecule has 6 nitrogen and oxygen atoms in total. The van der Waals surface area contributed by atoms with Crippen molar-refractivity contribution in [2.75, 3.05) is 36.2 Å². The third kappa shape index (κ3) is 3.95. The van der Waals surface area contributed by atoms with Crippen LogP contribution in [0.15, 0.2) is 0 Å². The van der Waals surface area contributed by atoms with E-state index >= 15 is 0 Å². The van der Waals surface area contributed by atoms with Crippen molar-refractivity contribution in [3.8, 4) is 0 Å². The lowest BCUT2D eigenvalue weighted by Crippen LogP contribution is -2.27. The number of nitrogens with zero attached hydrogens (tertiary/aromatic N) is 4. The molecular weight excluding hydrogens is 252 g/mol. The van der Waals surface area contributed by atoms with Gasteiger partial charge in [0.2, 0.25) is 17.8 Å². The zero-order valence-corrected chi connectivity index (χ0v) is 13.0. The summed E-state index contributed by atoms with van der Waals surface area (Å²) in [6.07, 6.45) is 4.95. The minimum Gasteiger partial charge on any atom is -0.354 e. The topological polar surface area (TPSA) is 66.0 Å². The first-order valence-electron chi connectivity index (χ1n) is 7.52. The second-order valence-corrected chi connectivity index (χ2v) is 5.81. The maximum atomic E-state index is 4.48. The monoisotopic (exact) mass is 278 g/mol. The van der Waals surface area contributed by atoms with E-state index in [9.17, 15) is 0 Å². The van der Waals surface area contributed by atoms with Gasteiger partial charge in [0.05, 0.1) is 0 Å². The molecule has 0 amide bonds. The number of nitrogens with one attached hydrogen (secondary N) is 2. The summed E-state index contributed by atoms with van der Waals surface area (Å²) in [5.74, 6) is 2.85. The van der Waals surface area contributed by atoms with Crippen molar-refractivity contribution in [2.45, 2.75) is 45.6 Å². The Balaban J connectivity index is 2.09. The van der Waals surface area contributed by atoms with Crippen LogP contribution in [0.1, 0.15) is 39.5 Å². The van der Waals surface area contributed by atoms with Gasteiger partial charge in [0, 0.05) is 26.7 Å². The highest BCUT2D eigenvalue weighted by Gasteiger charge is 2.19. The minimum atomic E-state index is 0.484. The normalized spacial score (nSPS) is 22.4. The minimum absolute atomic E-state index is 0.484. The van der Waals surface area contributed by atoms with E-state index in [1.165, 1.54) is 25.7 Å². The molecule has 20 heavy (non-hydrogen) atoms.